The normalized spacial score (nSPS) is 10.6. The van der Waals surface area contributed by atoms with Gasteiger partial charge in [-0.1, -0.05) is 13.3 Å². The third-order valence-electron chi connectivity index (χ3n) is 2.66. The molecule has 1 aromatic heterocycles. The fourth-order valence-corrected chi connectivity index (χ4v) is 1.52. The first-order valence-electron chi connectivity index (χ1n) is 6.70. The molecule has 19 heavy (non-hydrogen) atoms. The number of aromatic carboxylic acids is 1. The van der Waals surface area contributed by atoms with E-state index < -0.39 is 5.97 Å². The molecule has 2 N–H and O–H groups in total. The van der Waals surface area contributed by atoms with Gasteiger partial charge in [-0.2, -0.15) is 0 Å². The first kappa shape index (κ1) is 15.6. The molecular formula is C14H22N2O3. The Hall–Kier alpha value is -1.46. The number of nitrogens with zero attached hydrogens (tertiary/aromatic N) is 1. The van der Waals surface area contributed by atoms with Crippen molar-refractivity contribution in [2.45, 2.75) is 32.7 Å². The monoisotopic (exact) mass is 266 g/mol. The van der Waals surface area contributed by atoms with Crippen LogP contribution in [-0.2, 0) is 11.3 Å². The minimum atomic E-state index is -0.948. The van der Waals surface area contributed by atoms with Crippen molar-refractivity contribution in [1.29, 1.82) is 0 Å². The van der Waals surface area contributed by atoms with Gasteiger partial charge >= 0.3 is 5.97 Å². The average Bonchev–Trinajstić information content (AvgIpc) is 2.42. The van der Waals surface area contributed by atoms with E-state index in [1.165, 1.54) is 6.20 Å². The summed E-state index contributed by atoms with van der Waals surface area (Å²) in [5, 5.41) is 12.0. The molecule has 0 radical (unpaired) electrons. The highest BCUT2D eigenvalue weighted by molar-refractivity contribution is 5.87. The fraction of sp³-hybridized carbons (Fsp3) is 0.571. The maximum Gasteiger partial charge on any atom is 0.337 e. The van der Waals surface area contributed by atoms with Crippen molar-refractivity contribution < 1.29 is 14.6 Å². The molecule has 0 fully saturated rings. The van der Waals surface area contributed by atoms with E-state index in [-0.39, 0.29) is 5.56 Å². The van der Waals surface area contributed by atoms with Crippen LogP contribution in [0.1, 0.15) is 42.2 Å². The Balaban J connectivity index is 2.07. The van der Waals surface area contributed by atoms with Crippen LogP contribution in [0.15, 0.2) is 18.3 Å². The summed E-state index contributed by atoms with van der Waals surface area (Å²) in [6.45, 7) is 5.28. The number of carbonyl (C=O) groups is 1. The van der Waals surface area contributed by atoms with Crippen LogP contribution in [0.2, 0.25) is 0 Å². The number of aromatic nitrogens is 1. The van der Waals surface area contributed by atoms with Crippen molar-refractivity contribution in [3.8, 4) is 0 Å². The third-order valence-corrected chi connectivity index (χ3v) is 2.66. The zero-order valence-electron chi connectivity index (χ0n) is 11.4. The summed E-state index contributed by atoms with van der Waals surface area (Å²) in [4.78, 5) is 14.7. The molecule has 0 saturated carbocycles. The Morgan fingerprint density at radius 3 is 2.79 bits per heavy atom. The molecule has 0 spiro atoms. The first-order valence-corrected chi connectivity index (χ1v) is 6.70. The minimum Gasteiger partial charge on any atom is -0.478 e. The van der Waals surface area contributed by atoms with E-state index in [1.807, 2.05) is 0 Å². The highest BCUT2D eigenvalue weighted by Gasteiger charge is 2.02. The van der Waals surface area contributed by atoms with E-state index in [0.29, 0.717) is 6.54 Å². The number of hydrogen-bond donors (Lipinski definition) is 2. The van der Waals surface area contributed by atoms with E-state index in [4.69, 9.17) is 9.84 Å². The van der Waals surface area contributed by atoms with Gasteiger partial charge in [-0.3, -0.25) is 4.98 Å². The van der Waals surface area contributed by atoms with Crippen LogP contribution in [0.4, 0.5) is 0 Å². The van der Waals surface area contributed by atoms with E-state index in [1.54, 1.807) is 12.1 Å². The maximum absolute atomic E-state index is 10.6. The zero-order chi connectivity index (χ0) is 13.9. The van der Waals surface area contributed by atoms with Gasteiger partial charge in [-0.25, -0.2) is 4.79 Å². The summed E-state index contributed by atoms with van der Waals surface area (Å²) in [5.74, 6) is -0.948. The van der Waals surface area contributed by atoms with Crippen LogP contribution in [-0.4, -0.2) is 35.8 Å². The van der Waals surface area contributed by atoms with Crippen LogP contribution in [0.5, 0.6) is 0 Å². The van der Waals surface area contributed by atoms with Crippen molar-refractivity contribution in [1.82, 2.24) is 10.3 Å². The van der Waals surface area contributed by atoms with Gasteiger partial charge in [0.2, 0.25) is 0 Å². The number of ether oxygens (including phenoxy) is 1. The molecule has 1 aromatic rings. The Kier molecular flexibility index (Phi) is 7.77. The molecule has 0 amide bonds. The summed E-state index contributed by atoms with van der Waals surface area (Å²) in [6, 6.07) is 3.30. The smallest absolute Gasteiger partial charge is 0.337 e. The molecule has 5 heteroatoms. The van der Waals surface area contributed by atoms with Gasteiger partial charge in [0.1, 0.15) is 0 Å². The number of rotatable bonds is 10. The molecule has 5 nitrogen and oxygen atoms in total. The lowest BCUT2D eigenvalue weighted by Gasteiger charge is -2.05. The van der Waals surface area contributed by atoms with Crippen LogP contribution >= 0.6 is 0 Å². The Labute approximate surface area is 114 Å². The van der Waals surface area contributed by atoms with Gasteiger partial charge in [-0.15, -0.1) is 0 Å². The number of carboxylic acids is 1. The number of carboxylic acid groups (broad SMARTS) is 1. The van der Waals surface area contributed by atoms with Crippen molar-refractivity contribution in [3.63, 3.8) is 0 Å². The summed E-state index contributed by atoms with van der Waals surface area (Å²) in [5.41, 5.74) is 1.06. The van der Waals surface area contributed by atoms with Gasteiger partial charge in [0.15, 0.2) is 0 Å². The van der Waals surface area contributed by atoms with Gasteiger partial charge in [0.25, 0.3) is 0 Å². The summed E-state index contributed by atoms with van der Waals surface area (Å²) < 4.78 is 5.45. The Bertz CT molecular complexity index is 365. The van der Waals surface area contributed by atoms with Crippen LogP contribution in [0, 0.1) is 0 Å². The molecule has 0 aromatic carbocycles. The molecule has 0 atom stereocenters. The van der Waals surface area contributed by atoms with Crippen molar-refractivity contribution >= 4 is 5.97 Å². The lowest BCUT2D eigenvalue weighted by molar-refractivity contribution is 0.0696. The average molecular weight is 266 g/mol. The lowest BCUT2D eigenvalue weighted by Crippen LogP contribution is -2.17. The largest absolute Gasteiger partial charge is 0.478 e. The highest BCUT2D eigenvalue weighted by atomic mass is 16.5. The molecule has 106 valence electrons. The second kappa shape index (κ2) is 9.47. The minimum absolute atomic E-state index is 0.216. The number of unbranched alkanes of at least 4 members (excludes halogenated alkanes) is 1. The molecule has 0 saturated heterocycles. The second-order valence-corrected chi connectivity index (χ2v) is 4.34. The molecular weight excluding hydrogens is 244 g/mol. The van der Waals surface area contributed by atoms with Crippen molar-refractivity contribution in [2.75, 3.05) is 19.8 Å². The maximum atomic E-state index is 10.6. The predicted octanol–water partition coefficient (Wildman–Crippen LogP) is 2.08. The standard InChI is InChI=1S/C14H22N2O3/c1-2-3-8-19-9-4-7-15-11-13-6-5-12(10-16-13)14(17)18/h5-6,10,15H,2-4,7-9,11H2,1H3,(H,17,18). The molecule has 0 bridgehead atoms. The molecule has 1 rings (SSSR count). The quantitative estimate of drug-likeness (QED) is 0.634. The fourth-order valence-electron chi connectivity index (χ4n) is 1.52. The van der Waals surface area contributed by atoms with Gasteiger partial charge in [0.05, 0.1) is 11.3 Å². The van der Waals surface area contributed by atoms with E-state index in [2.05, 4.69) is 17.2 Å². The van der Waals surface area contributed by atoms with Crippen molar-refractivity contribution in [3.05, 3.63) is 29.6 Å². The van der Waals surface area contributed by atoms with Crippen LogP contribution in [0.25, 0.3) is 0 Å². The summed E-state index contributed by atoms with van der Waals surface area (Å²) in [6.07, 6.45) is 4.63. The molecule has 0 aliphatic rings. The lowest BCUT2D eigenvalue weighted by atomic mass is 10.2. The number of nitrogens with one attached hydrogen (secondary N) is 1. The van der Waals surface area contributed by atoms with Crippen molar-refractivity contribution in [2.24, 2.45) is 0 Å². The second-order valence-electron chi connectivity index (χ2n) is 4.34. The molecule has 0 aliphatic heterocycles. The van der Waals surface area contributed by atoms with Gasteiger partial charge < -0.3 is 15.2 Å². The van der Waals surface area contributed by atoms with E-state index in [9.17, 15) is 4.79 Å². The van der Waals surface area contributed by atoms with E-state index in [0.717, 1.165) is 44.7 Å². The molecule has 0 unspecified atom stereocenters. The van der Waals surface area contributed by atoms with Crippen LogP contribution < -0.4 is 5.32 Å². The first-order chi connectivity index (χ1) is 9.24. The number of hydrogen-bond acceptors (Lipinski definition) is 4. The van der Waals surface area contributed by atoms with Crippen LogP contribution in [0.3, 0.4) is 0 Å². The zero-order valence-corrected chi connectivity index (χ0v) is 11.4. The summed E-state index contributed by atoms with van der Waals surface area (Å²) in [7, 11) is 0. The van der Waals surface area contributed by atoms with E-state index >= 15 is 0 Å². The topological polar surface area (TPSA) is 71.5 Å². The van der Waals surface area contributed by atoms with Gasteiger partial charge in [0, 0.05) is 26.0 Å². The Morgan fingerprint density at radius 1 is 1.37 bits per heavy atom. The SMILES string of the molecule is CCCCOCCCNCc1ccc(C(=O)O)cn1. The third kappa shape index (κ3) is 6.88. The summed E-state index contributed by atoms with van der Waals surface area (Å²) >= 11 is 0. The number of pyridine rings is 1. The molecule has 0 aliphatic carbocycles. The highest BCUT2D eigenvalue weighted by Crippen LogP contribution is 2.00. The predicted molar refractivity (Wildman–Crippen MR) is 73.2 cm³/mol. The Morgan fingerprint density at radius 2 is 2.16 bits per heavy atom. The molecule has 1 heterocycles. The van der Waals surface area contributed by atoms with Gasteiger partial charge in [-0.05, 0) is 31.5 Å².